The van der Waals surface area contributed by atoms with Gasteiger partial charge < -0.3 is 10.5 Å². The Balaban J connectivity index is 1.90. The monoisotopic (exact) mass is 342 g/mol. The first-order chi connectivity index (χ1) is 12.7. The van der Waals surface area contributed by atoms with Gasteiger partial charge in [0.2, 0.25) is 11.8 Å². The number of rotatable bonds is 3. The van der Waals surface area contributed by atoms with Gasteiger partial charge in [-0.05, 0) is 17.0 Å². The third-order valence-corrected chi connectivity index (χ3v) is 4.87. The second-order valence-electron chi connectivity index (χ2n) is 6.35. The first kappa shape index (κ1) is 16.0. The van der Waals surface area contributed by atoms with Gasteiger partial charge in [0.25, 0.3) is 0 Å². The second-order valence-corrected chi connectivity index (χ2v) is 6.35. The Hall–Kier alpha value is -3.52. The average molecular weight is 342 g/mol. The van der Waals surface area contributed by atoms with Crippen LogP contribution in [0.2, 0.25) is 0 Å². The fraction of sp³-hybridized carbons (Fsp3) is 0.143. The van der Waals surface area contributed by atoms with Gasteiger partial charge in [0, 0.05) is 5.92 Å². The van der Waals surface area contributed by atoms with E-state index in [0.29, 0.717) is 11.5 Å². The van der Waals surface area contributed by atoms with Crippen LogP contribution in [0.1, 0.15) is 29.9 Å². The van der Waals surface area contributed by atoms with E-state index in [1.54, 1.807) is 0 Å². The molecular formula is C21H18N4O. The van der Waals surface area contributed by atoms with Gasteiger partial charge in [0.05, 0.1) is 16.8 Å². The Morgan fingerprint density at radius 3 is 2.42 bits per heavy atom. The number of nitriles is 1. The van der Waals surface area contributed by atoms with Crippen LogP contribution in [0, 0.1) is 11.3 Å². The predicted molar refractivity (Wildman–Crippen MR) is 99.1 cm³/mol. The molecule has 5 heteroatoms. The lowest BCUT2D eigenvalue weighted by molar-refractivity contribution is 0.368. The Morgan fingerprint density at radius 1 is 1.12 bits per heavy atom. The number of hydrogen-bond acceptors (Lipinski definition) is 4. The number of nitrogens with zero attached hydrogens (tertiary/aromatic N) is 2. The van der Waals surface area contributed by atoms with Crippen molar-refractivity contribution < 1.29 is 4.74 Å². The zero-order chi connectivity index (χ0) is 18.1. The molecule has 0 fully saturated rings. The van der Waals surface area contributed by atoms with Crippen molar-refractivity contribution in [3.05, 3.63) is 83.2 Å². The van der Waals surface area contributed by atoms with Crippen LogP contribution in [-0.4, -0.2) is 10.2 Å². The van der Waals surface area contributed by atoms with E-state index < -0.39 is 0 Å². The van der Waals surface area contributed by atoms with Crippen LogP contribution in [0.4, 0.5) is 0 Å². The number of ether oxygens (including phenoxy) is 1. The van der Waals surface area contributed by atoms with Gasteiger partial charge in [-0.3, -0.25) is 5.10 Å². The van der Waals surface area contributed by atoms with Crippen molar-refractivity contribution in [3.8, 4) is 23.2 Å². The molecule has 0 radical (unpaired) electrons. The number of H-pyrrole nitrogens is 1. The zero-order valence-electron chi connectivity index (χ0n) is 14.3. The van der Waals surface area contributed by atoms with E-state index in [4.69, 9.17) is 10.5 Å². The highest BCUT2D eigenvalue weighted by Gasteiger charge is 2.38. The Bertz CT molecular complexity index is 999. The fourth-order valence-electron chi connectivity index (χ4n) is 3.56. The van der Waals surface area contributed by atoms with Gasteiger partial charge in [-0.2, -0.15) is 5.26 Å². The molecule has 128 valence electrons. The van der Waals surface area contributed by atoms with E-state index in [1.807, 2.05) is 48.5 Å². The summed E-state index contributed by atoms with van der Waals surface area (Å²) in [5.74, 6) is 0.360. The summed E-state index contributed by atoms with van der Waals surface area (Å²) in [6.45, 7) is 2.10. The van der Waals surface area contributed by atoms with Crippen molar-refractivity contribution in [2.75, 3.05) is 0 Å². The van der Waals surface area contributed by atoms with E-state index in [2.05, 4.69) is 35.3 Å². The van der Waals surface area contributed by atoms with Crippen molar-refractivity contribution in [2.24, 2.45) is 5.73 Å². The van der Waals surface area contributed by atoms with Crippen molar-refractivity contribution in [3.63, 3.8) is 0 Å². The zero-order valence-corrected chi connectivity index (χ0v) is 14.3. The maximum absolute atomic E-state index is 9.75. The van der Waals surface area contributed by atoms with Crippen LogP contribution >= 0.6 is 0 Å². The molecular weight excluding hydrogens is 324 g/mol. The Labute approximate surface area is 151 Å². The highest BCUT2D eigenvalue weighted by Crippen LogP contribution is 2.48. The minimum absolute atomic E-state index is 0.0344. The summed E-state index contributed by atoms with van der Waals surface area (Å²) in [6.07, 6.45) is 0. The van der Waals surface area contributed by atoms with E-state index in [0.717, 1.165) is 22.4 Å². The minimum atomic E-state index is -0.236. The average Bonchev–Trinajstić information content (AvgIpc) is 3.11. The molecule has 4 rings (SSSR count). The summed E-state index contributed by atoms with van der Waals surface area (Å²) >= 11 is 0. The van der Waals surface area contributed by atoms with E-state index >= 15 is 0 Å². The van der Waals surface area contributed by atoms with Crippen LogP contribution < -0.4 is 10.5 Å². The molecule has 3 N–H and O–H groups in total. The van der Waals surface area contributed by atoms with Crippen LogP contribution in [-0.2, 0) is 0 Å². The van der Waals surface area contributed by atoms with Gasteiger partial charge in [-0.25, -0.2) is 0 Å². The molecule has 3 aromatic rings. The highest BCUT2D eigenvalue weighted by molar-refractivity contribution is 5.69. The normalized spacial score (nSPS) is 17.2. The first-order valence-corrected chi connectivity index (χ1v) is 8.47. The van der Waals surface area contributed by atoms with E-state index in [9.17, 15) is 5.26 Å². The van der Waals surface area contributed by atoms with Gasteiger partial charge >= 0.3 is 0 Å². The van der Waals surface area contributed by atoms with Crippen molar-refractivity contribution >= 4 is 0 Å². The van der Waals surface area contributed by atoms with Crippen LogP contribution in [0.15, 0.2) is 72.1 Å². The van der Waals surface area contributed by atoms with Crippen LogP contribution in [0.3, 0.4) is 0 Å². The molecule has 1 aliphatic heterocycles. The highest BCUT2D eigenvalue weighted by atomic mass is 16.5. The Kier molecular flexibility index (Phi) is 3.94. The summed E-state index contributed by atoms with van der Waals surface area (Å²) in [7, 11) is 0. The summed E-state index contributed by atoms with van der Waals surface area (Å²) in [4.78, 5) is 0. The standard InChI is InChI=1S/C21H18N4O/c1-13(14-8-4-2-5-9-14)17-16(12-22)20(23)26-21-18(17)19(24-25-21)15-10-6-3-7-11-15/h2-11,13,17H,23H2,1H3,(H,24,25)/t13-,17-/m0/s1. The first-order valence-electron chi connectivity index (χ1n) is 8.47. The lowest BCUT2D eigenvalue weighted by Gasteiger charge is -2.28. The molecule has 0 unspecified atom stereocenters. The molecule has 26 heavy (non-hydrogen) atoms. The molecule has 5 nitrogen and oxygen atoms in total. The van der Waals surface area contributed by atoms with Gasteiger partial charge in [0.15, 0.2) is 0 Å². The molecule has 0 spiro atoms. The summed E-state index contributed by atoms with van der Waals surface area (Å²) in [5, 5.41) is 17.1. The van der Waals surface area contributed by atoms with Gasteiger partial charge in [0.1, 0.15) is 6.07 Å². The number of nitrogens with one attached hydrogen (secondary N) is 1. The number of aromatic amines is 1. The fourth-order valence-corrected chi connectivity index (χ4v) is 3.56. The summed E-state index contributed by atoms with van der Waals surface area (Å²) < 4.78 is 5.65. The molecule has 2 heterocycles. The molecule has 0 aliphatic carbocycles. The number of allylic oxidation sites excluding steroid dienone is 1. The molecule has 0 amide bonds. The maximum atomic E-state index is 9.75. The number of hydrogen-bond donors (Lipinski definition) is 2. The number of aromatic nitrogens is 2. The maximum Gasteiger partial charge on any atom is 0.244 e. The second kappa shape index (κ2) is 6.41. The predicted octanol–water partition coefficient (Wildman–Crippen LogP) is 4.05. The third kappa shape index (κ3) is 2.52. The quantitative estimate of drug-likeness (QED) is 0.751. The molecule has 1 aromatic heterocycles. The van der Waals surface area contributed by atoms with E-state index in [-0.39, 0.29) is 17.7 Å². The summed E-state index contributed by atoms with van der Waals surface area (Å²) in [5.41, 5.74) is 10.3. The number of fused-ring (bicyclic) bond motifs is 1. The molecule has 0 saturated heterocycles. The SMILES string of the molecule is C[C@@H](c1ccccc1)[C@H]1C(C#N)=C(N)Oc2n[nH]c(-c3ccccc3)c21. The van der Waals surface area contributed by atoms with Gasteiger partial charge in [-0.15, -0.1) is 5.10 Å². The molecule has 1 aliphatic rings. The molecule has 0 bridgehead atoms. The molecule has 2 atom stereocenters. The lowest BCUT2D eigenvalue weighted by Crippen LogP contribution is -2.23. The van der Waals surface area contributed by atoms with Crippen LogP contribution in [0.25, 0.3) is 11.3 Å². The molecule has 2 aromatic carbocycles. The number of nitrogens with two attached hydrogens (primary N) is 1. The topological polar surface area (TPSA) is 87.7 Å². The summed E-state index contributed by atoms with van der Waals surface area (Å²) in [6, 6.07) is 22.3. The smallest absolute Gasteiger partial charge is 0.244 e. The molecule has 0 saturated carbocycles. The van der Waals surface area contributed by atoms with Crippen molar-refractivity contribution in [1.82, 2.24) is 10.2 Å². The largest absolute Gasteiger partial charge is 0.420 e. The van der Waals surface area contributed by atoms with Crippen LogP contribution in [0.5, 0.6) is 5.88 Å². The Morgan fingerprint density at radius 2 is 1.77 bits per heavy atom. The lowest BCUT2D eigenvalue weighted by atomic mass is 9.76. The number of benzene rings is 2. The third-order valence-electron chi connectivity index (χ3n) is 4.87. The van der Waals surface area contributed by atoms with Gasteiger partial charge in [-0.1, -0.05) is 67.6 Å². The minimum Gasteiger partial charge on any atom is -0.420 e. The van der Waals surface area contributed by atoms with Crippen molar-refractivity contribution in [1.29, 1.82) is 5.26 Å². The van der Waals surface area contributed by atoms with Crippen molar-refractivity contribution in [2.45, 2.75) is 18.8 Å². The van der Waals surface area contributed by atoms with E-state index in [1.165, 1.54) is 0 Å².